The summed E-state index contributed by atoms with van der Waals surface area (Å²) in [7, 11) is 0. The van der Waals surface area contributed by atoms with Crippen LogP contribution in [0.2, 0.25) is 0 Å². The quantitative estimate of drug-likeness (QED) is 0.769. The van der Waals surface area contributed by atoms with Crippen molar-refractivity contribution in [2.24, 2.45) is 5.92 Å². The fourth-order valence-electron chi connectivity index (χ4n) is 2.45. The van der Waals surface area contributed by atoms with E-state index in [4.69, 9.17) is 9.47 Å². The fourth-order valence-corrected chi connectivity index (χ4v) is 2.45. The van der Waals surface area contributed by atoms with Gasteiger partial charge in [-0.3, -0.25) is 0 Å². The monoisotopic (exact) mass is 213 g/mol. The Morgan fingerprint density at radius 1 is 1.27 bits per heavy atom. The van der Waals surface area contributed by atoms with Crippen molar-refractivity contribution in [2.45, 2.75) is 44.8 Å². The van der Waals surface area contributed by atoms with E-state index in [-0.39, 0.29) is 0 Å². The number of nitrogens with one attached hydrogen (secondary N) is 1. The second kappa shape index (κ2) is 5.83. The first-order valence-electron chi connectivity index (χ1n) is 6.29. The van der Waals surface area contributed by atoms with Crippen molar-refractivity contribution in [3.63, 3.8) is 0 Å². The van der Waals surface area contributed by atoms with Crippen molar-refractivity contribution >= 4 is 0 Å². The van der Waals surface area contributed by atoms with Gasteiger partial charge in [0.2, 0.25) is 0 Å². The molecule has 0 aliphatic carbocycles. The number of ether oxygens (including phenoxy) is 2. The Kier molecular flexibility index (Phi) is 4.42. The minimum absolute atomic E-state index is 0.439. The van der Waals surface area contributed by atoms with Gasteiger partial charge in [0, 0.05) is 25.8 Å². The number of hydrogen-bond acceptors (Lipinski definition) is 3. The average Bonchev–Trinajstić information content (AvgIpc) is 2.81. The first-order chi connectivity index (χ1) is 7.36. The van der Waals surface area contributed by atoms with Gasteiger partial charge in [0.05, 0.1) is 12.7 Å². The molecule has 2 aliphatic heterocycles. The molecular weight excluding hydrogens is 190 g/mol. The average molecular weight is 213 g/mol. The molecule has 2 fully saturated rings. The summed E-state index contributed by atoms with van der Waals surface area (Å²) in [6.45, 7) is 6.16. The summed E-state index contributed by atoms with van der Waals surface area (Å²) in [4.78, 5) is 0. The molecule has 2 saturated heterocycles. The molecule has 0 aromatic rings. The maximum atomic E-state index is 5.66. The molecule has 2 heterocycles. The molecule has 0 aromatic carbocycles. The van der Waals surface area contributed by atoms with Crippen LogP contribution in [0.15, 0.2) is 0 Å². The highest BCUT2D eigenvalue weighted by molar-refractivity contribution is 4.78. The third-order valence-electron chi connectivity index (χ3n) is 3.51. The Labute approximate surface area is 92.5 Å². The summed E-state index contributed by atoms with van der Waals surface area (Å²) in [5.41, 5.74) is 0. The second-order valence-electron chi connectivity index (χ2n) is 4.83. The van der Waals surface area contributed by atoms with Crippen molar-refractivity contribution in [1.82, 2.24) is 5.32 Å². The van der Waals surface area contributed by atoms with Crippen molar-refractivity contribution in [2.75, 3.05) is 26.4 Å². The lowest BCUT2D eigenvalue weighted by Gasteiger charge is -2.26. The number of rotatable bonds is 4. The molecule has 1 N–H and O–H groups in total. The molecule has 3 atom stereocenters. The van der Waals surface area contributed by atoms with Crippen LogP contribution in [-0.4, -0.2) is 38.5 Å². The van der Waals surface area contributed by atoms with Crippen LogP contribution in [-0.2, 0) is 9.47 Å². The van der Waals surface area contributed by atoms with Gasteiger partial charge in [-0.2, -0.15) is 0 Å². The highest BCUT2D eigenvalue weighted by atomic mass is 16.5. The first-order valence-corrected chi connectivity index (χ1v) is 6.29. The standard InChI is InChI=1S/C12H23NO2/c1-10(12-5-3-7-15-12)13-8-11-4-2-6-14-9-11/h10-13H,2-9H2,1H3. The molecule has 3 unspecified atom stereocenters. The van der Waals surface area contributed by atoms with E-state index in [2.05, 4.69) is 12.2 Å². The molecule has 0 aromatic heterocycles. The van der Waals surface area contributed by atoms with E-state index in [1.807, 2.05) is 0 Å². The molecule has 3 heteroatoms. The van der Waals surface area contributed by atoms with Crippen molar-refractivity contribution in [3.8, 4) is 0 Å². The maximum Gasteiger partial charge on any atom is 0.0726 e. The van der Waals surface area contributed by atoms with E-state index in [0.717, 1.165) is 26.4 Å². The first kappa shape index (κ1) is 11.4. The Balaban J connectivity index is 1.63. The van der Waals surface area contributed by atoms with Crippen LogP contribution in [0.25, 0.3) is 0 Å². The van der Waals surface area contributed by atoms with Gasteiger partial charge in [0.25, 0.3) is 0 Å². The topological polar surface area (TPSA) is 30.5 Å². The summed E-state index contributed by atoms with van der Waals surface area (Å²) < 4.78 is 11.1. The molecule has 0 bridgehead atoms. The zero-order valence-corrected chi connectivity index (χ0v) is 9.71. The van der Waals surface area contributed by atoms with Crippen LogP contribution in [0.3, 0.4) is 0 Å². The molecule has 2 rings (SSSR count). The highest BCUT2D eigenvalue weighted by Crippen LogP contribution is 2.17. The molecule has 3 nitrogen and oxygen atoms in total. The van der Waals surface area contributed by atoms with Crippen molar-refractivity contribution in [3.05, 3.63) is 0 Å². The highest BCUT2D eigenvalue weighted by Gasteiger charge is 2.23. The van der Waals surface area contributed by atoms with E-state index >= 15 is 0 Å². The van der Waals surface area contributed by atoms with Crippen molar-refractivity contribution < 1.29 is 9.47 Å². The van der Waals surface area contributed by atoms with Crippen molar-refractivity contribution in [1.29, 1.82) is 0 Å². The third kappa shape index (κ3) is 3.44. The Morgan fingerprint density at radius 3 is 2.80 bits per heavy atom. The molecule has 0 radical (unpaired) electrons. The van der Waals surface area contributed by atoms with E-state index in [1.165, 1.54) is 25.7 Å². The van der Waals surface area contributed by atoms with E-state index in [1.54, 1.807) is 0 Å². The van der Waals surface area contributed by atoms with Gasteiger partial charge in [0.15, 0.2) is 0 Å². The molecule has 15 heavy (non-hydrogen) atoms. The van der Waals surface area contributed by atoms with Crippen LogP contribution in [0.5, 0.6) is 0 Å². The number of hydrogen-bond donors (Lipinski definition) is 1. The lowest BCUT2D eigenvalue weighted by Crippen LogP contribution is -2.41. The molecule has 0 saturated carbocycles. The van der Waals surface area contributed by atoms with Crippen LogP contribution in [0.4, 0.5) is 0 Å². The van der Waals surface area contributed by atoms with Gasteiger partial charge in [-0.25, -0.2) is 0 Å². The largest absolute Gasteiger partial charge is 0.381 e. The summed E-state index contributed by atoms with van der Waals surface area (Å²) in [5.74, 6) is 0.711. The lowest BCUT2D eigenvalue weighted by atomic mass is 10.0. The fraction of sp³-hybridized carbons (Fsp3) is 1.00. The minimum Gasteiger partial charge on any atom is -0.381 e. The van der Waals surface area contributed by atoms with Gasteiger partial charge >= 0.3 is 0 Å². The molecular formula is C12H23NO2. The maximum absolute atomic E-state index is 5.66. The van der Waals surface area contributed by atoms with Crippen LogP contribution in [0, 0.1) is 5.92 Å². The molecule has 2 aliphatic rings. The van der Waals surface area contributed by atoms with Crippen LogP contribution < -0.4 is 5.32 Å². The van der Waals surface area contributed by atoms with Gasteiger partial charge < -0.3 is 14.8 Å². The predicted molar refractivity (Wildman–Crippen MR) is 60.0 cm³/mol. The zero-order chi connectivity index (χ0) is 10.5. The van der Waals surface area contributed by atoms with E-state index < -0.39 is 0 Å². The molecule has 0 amide bonds. The minimum atomic E-state index is 0.439. The normalized spacial score (nSPS) is 34.2. The van der Waals surface area contributed by atoms with Gasteiger partial charge in [-0.15, -0.1) is 0 Å². The van der Waals surface area contributed by atoms with Crippen LogP contribution >= 0.6 is 0 Å². The Hall–Kier alpha value is -0.120. The second-order valence-corrected chi connectivity index (χ2v) is 4.83. The summed E-state index contributed by atoms with van der Waals surface area (Å²) in [6.07, 6.45) is 5.42. The van der Waals surface area contributed by atoms with Gasteiger partial charge in [-0.1, -0.05) is 0 Å². The smallest absolute Gasteiger partial charge is 0.0726 e. The molecule has 88 valence electrons. The SMILES string of the molecule is CC(NCC1CCCOC1)C1CCCO1. The molecule has 0 spiro atoms. The third-order valence-corrected chi connectivity index (χ3v) is 3.51. The van der Waals surface area contributed by atoms with Gasteiger partial charge in [-0.05, 0) is 38.5 Å². The summed E-state index contributed by atoms with van der Waals surface area (Å²) >= 11 is 0. The Morgan fingerprint density at radius 2 is 2.13 bits per heavy atom. The van der Waals surface area contributed by atoms with Crippen LogP contribution in [0.1, 0.15) is 32.6 Å². The zero-order valence-electron chi connectivity index (χ0n) is 9.71. The summed E-state index contributed by atoms with van der Waals surface area (Å²) in [5, 5.41) is 3.59. The summed E-state index contributed by atoms with van der Waals surface area (Å²) in [6, 6.07) is 0.495. The Bertz CT molecular complexity index is 174. The van der Waals surface area contributed by atoms with E-state index in [0.29, 0.717) is 18.1 Å². The van der Waals surface area contributed by atoms with Gasteiger partial charge in [0.1, 0.15) is 0 Å². The lowest BCUT2D eigenvalue weighted by molar-refractivity contribution is 0.0465. The predicted octanol–water partition coefficient (Wildman–Crippen LogP) is 1.57. The van der Waals surface area contributed by atoms with E-state index in [9.17, 15) is 0 Å².